The highest BCUT2D eigenvalue weighted by Gasteiger charge is 2.43. The largest absolute Gasteiger partial charge is 0.444 e. The molecule has 1 N–H and O–H groups in total. The molecule has 5 nitrogen and oxygen atoms in total. The molecule has 1 atom stereocenters. The van der Waals surface area contributed by atoms with Gasteiger partial charge in [-0.15, -0.1) is 0 Å². The number of piperidine rings is 1. The fourth-order valence-corrected chi connectivity index (χ4v) is 3.90. The molecule has 7 heteroatoms. The van der Waals surface area contributed by atoms with E-state index in [1.165, 1.54) is 12.1 Å². The Morgan fingerprint density at radius 3 is 2.74 bits per heavy atom. The summed E-state index contributed by atoms with van der Waals surface area (Å²) in [7, 11) is 0. The number of likely N-dealkylation sites (tertiary alicyclic amines) is 1. The van der Waals surface area contributed by atoms with Gasteiger partial charge in [-0.2, -0.15) is 0 Å². The third kappa shape index (κ3) is 5.33. The van der Waals surface area contributed by atoms with Crippen molar-refractivity contribution in [2.75, 3.05) is 19.7 Å². The lowest BCUT2D eigenvalue weighted by atomic mass is 9.87. The Balaban J connectivity index is 1.47. The zero-order valence-electron chi connectivity index (χ0n) is 16.2. The van der Waals surface area contributed by atoms with Gasteiger partial charge in [-0.3, -0.25) is 0 Å². The van der Waals surface area contributed by atoms with Crippen molar-refractivity contribution in [1.29, 1.82) is 0 Å². The third-order valence-electron chi connectivity index (χ3n) is 5.13. The Bertz CT molecular complexity index is 684. The van der Waals surface area contributed by atoms with Crippen LogP contribution in [0.5, 0.6) is 0 Å². The van der Waals surface area contributed by atoms with E-state index in [4.69, 9.17) is 21.1 Å². The minimum atomic E-state index is -0.479. The fourth-order valence-electron chi connectivity index (χ4n) is 3.67. The molecule has 2 aliphatic rings. The van der Waals surface area contributed by atoms with Gasteiger partial charge in [0.25, 0.3) is 0 Å². The van der Waals surface area contributed by atoms with E-state index in [0.29, 0.717) is 31.3 Å². The van der Waals surface area contributed by atoms with E-state index >= 15 is 0 Å². The highest BCUT2D eigenvalue weighted by molar-refractivity contribution is 6.31. The van der Waals surface area contributed by atoms with Crippen molar-refractivity contribution in [3.63, 3.8) is 0 Å². The van der Waals surface area contributed by atoms with Crippen molar-refractivity contribution < 1.29 is 18.7 Å². The Hall–Kier alpha value is -1.37. The van der Waals surface area contributed by atoms with Gasteiger partial charge in [0.05, 0.1) is 12.2 Å². The minimum absolute atomic E-state index is 0.178. The average molecular weight is 399 g/mol. The van der Waals surface area contributed by atoms with Gasteiger partial charge in [0.1, 0.15) is 11.4 Å². The van der Waals surface area contributed by atoms with E-state index in [1.807, 2.05) is 20.8 Å². The van der Waals surface area contributed by atoms with Crippen molar-refractivity contribution in [2.45, 2.75) is 63.8 Å². The van der Waals surface area contributed by atoms with Gasteiger partial charge in [0, 0.05) is 30.7 Å². The maximum atomic E-state index is 13.1. The molecule has 2 fully saturated rings. The van der Waals surface area contributed by atoms with E-state index in [-0.39, 0.29) is 23.6 Å². The molecule has 0 aliphatic carbocycles. The summed E-state index contributed by atoms with van der Waals surface area (Å²) in [4.78, 5) is 14.0. The first-order valence-electron chi connectivity index (χ1n) is 9.45. The Morgan fingerprint density at radius 2 is 2.11 bits per heavy atom. The van der Waals surface area contributed by atoms with Gasteiger partial charge < -0.3 is 19.7 Å². The summed E-state index contributed by atoms with van der Waals surface area (Å²) >= 11 is 6.09. The van der Waals surface area contributed by atoms with Crippen LogP contribution in [-0.2, 0) is 16.0 Å². The van der Waals surface area contributed by atoms with Gasteiger partial charge in [0.2, 0.25) is 0 Å². The molecule has 1 aromatic carbocycles. The molecule has 0 radical (unpaired) electrons. The molecule has 0 aromatic heterocycles. The highest BCUT2D eigenvalue weighted by atomic mass is 35.5. The van der Waals surface area contributed by atoms with Crippen LogP contribution in [0.25, 0.3) is 0 Å². The van der Waals surface area contributed by atoms with Gasteiger partial charge in [-0.25, -0.2) is 9.18 Å². The van der Waals surface area contributed by atoms with E-state index in [1.54, 1.807) is 11.0 Å². The van der Waals surface area contributed by atoms with Gasteiger partial charge in [-0.05, 0) is 57.7 Å². The molecule has 2 heterocycles. The standard InChI is InChI=1S/C20H28ClFN2O3/c1-19(2,3)27-18(25)24-8-6-20(7-9-24)11-16(13-26-20)23-12-14-4-5-15(22)10-17(14)21/h4-5,10,16,23H,6-9,11-13H2,1-3H3. The van der Waals surface area contributed by atoms with Crippen molar-refractivity contribution in [3.8, 4) is 0 Å². The van der Waals surface area contributed by atoms with Crippen molar-refractivity contribution >= 4 is 17.7 Å². The number of hydrogen-bond donors (Lipinski definition) is 1. The summed E-state index contributed by atoms with van der Waals surface area (Å²) in [6.45, 7) is 8.12. The van der Waals surface area contributed by atoms with Crippen LogP contribution < -0.4 is 5.32 Å². The Morgan fingerprint density at radius 1 is 1.41 bits per heavy atom. The summed E-state index contributed by atoms with van der Waals surface area (Å²) in [5, 5.41) is 3.89. The van der Waals surface area contributed by atoms with E-state index in [9.17, 15) is 9.18 Å². The number of hydrogen-bond acceptors (Lipinski definition) is 4. The first-order valence-corrected chi connectivity index (χ1v) is 9.83. The molecule has 150 valence electrons. The first kappa shape index (κ1) is 20.4. The lowest BCUT2D eigenvalue weighted by Gasteiger charge is -2.39. The second kappa shape index (κ2) is 7.94. The Kier molecular flexibility index (Phi) is 5.99. The summed E-state index contributed by atoms with van der Waals surface area (Å²) in [5.41, 5.74) is 0.217. The number of carbonyl (C=O) groups is 1. The van der Waals surface area contributed by atoms with Crippen LogP contribution in [0.4, 0.5) is 9.18 Å². The predicted octanol–water partition coefficient (Wildman–Crippen LogP) is 4.13. The molecule has 1 spiro atoms. The molecular formula is C20H28ClFN2O3. The second-order valence-corrected chi connectivity index (χ2v) is 8.89. The van der Waals surface area contributed by atoms with Crippen LogP contribution in [0.15, 0.2) is 18.2 Å². The minimum Gasteiger partial charge on any atom is -0.444 e. The number of carbonyl (C=O) groups excluding carboxylic acids is 1. The summed E-state index contributed by atoms with van der Waals surface area (Å²) in [5.74, 6) is -0.330. The quantitative estimate of drug-likeness (QED) is 0.831. The molecular weight excluding hydrogens is 371 g/mol. The van der Waals surface area contributed by atoms with Gasteiger partial charge in [-0.1, -0.05) is 17.7 Å². The lowest BCUT2D eigenvalue weighted by molar-refractivity contribution is -0.0485. The normalized spacial score (nSPS) is 22.3. The second-order valence-electron chi connectivity index (χ2n) is 8.48. The topological polar surface area (TPSA) is 50.8 Å². The average Bonchev–Trinajstić information content (AvgIpc) is 2.96. The molecule has 1 unspecified atom stereocenters. The third-order valence-corrected chi connectivity index (χ3v) is 5.48. The number of ether oxygens (including phenoxy) is 2. The number of rotatable bonds is 3. The van der Waals surface area contributed by atoms with Crippen molar-refractivity contribution in [3.05, 3.63) is 34.6 Å². The van der Waals surface area contributed by atoms with E-state index < -0.39 is 5.60 Å². The number of nitrogens with one attached hydrogen (secondary N) is 1. The summed E-state index contributed by atoms with van der Waals surface area (Å²) < 4.78 is 24.7. The lowest BCUT2D eigenvalue weighted by Crippen LogP contribution is -2.48. The highest BCUT2D eigenvalue weighted by Crippen LogP contribution is 2.36. The molecule has 2 saturated heterocycles. The zero-order valence-corrected chi connectivity index (χ0v) is 16.9. The zero-order chi connectivity index (χ0) is 19.7. The summed E-state index contributed by atoms with van der Waals surface area (Å²) in [6, 6.07) is 4.67. The molecule has 2 aliphatic heterocycles. The summed E-state index contributed by atoms with van der Waals surface area (Å²) in [6.07, 6.45) is 2.26. The van der Waals surface area contributed by atoms with Crippen LogP contribution in [0.2, 0.25) is 5.02 Å². The first-order chi connectivity index (χ1) is 12.7. The van der Waals surface area contributed by atoms with Crippen LogP contribution >= 0.6 is 11.6 Å². The molecule has 27 heavy (non-hydrogen) atoms. The van der Waals surface area contributed by atoms with Crippen LogP contribution in [0.1, 0.15) is 45.6 Å². The SMILES string of the molecule is CC(C)(C)OC(=O)N1CCC2(CC1)CC(NCc1ccc(F)cc1Cl)CO2. The maximum Gasteiger partial charge on any atom is 0.410 e. The van der Waals surface area contributed by atoms with Crippen LogP contribution in [-0.4, -0.2) is 47.9 Å². The van der Waals surface area contributed by atoms with Crippen LogP contribution in [0, 0.1) is 5.82 Å². The number of nitrogens with zero attached hydrogens (tertiary/aromatic N) is 1. The number of halogens is 2. The monoisotopic (exact) mass is 398 g/mol. The van der Waals surface area contributed by atoms with Gasteiger partial charge in [0.15, 0.2) is 0 Å². The smallest absolute Gasteiger partial charge is 0.410 e. The Labute approximate surface area is 165 Å². The fraction of sp³-hybridized carbons (Fsp3) is 0.650. The van der Waals surface area contributed by atoms with Gasteiger partial charge >= 0.3 is 6.09 Å². The van der Waals surface area contributed by atoms with Crippen molar-refractivity contribution in [2.24, 2.45) is 0 Å². The molecule has 3 rings (SSSR count). The van der Waals surface area contributed by atoms with E-state index in [0.717, 1.165) is 24.8 Å². The number of benzene rings is 1. The molecule has 0 bridgehead atoms. The number of amides is 1. The van der Waals surface area contributed by atoms with Crippen LogP contribution in [0.3, 0.4) is 0 Å². The molecule has 0 saturated carbocycles. The maximum absolute atomic E-state index is 13.1. The van der Waals surface area contributed by atoms with Crippen molar-refractivity contribution in [1.82, 2.24) is 10.2 Å². The molecule has 1 aromatic rings. The molecule has 1 amide bonds. The van der Waals surface area contributed by atoms with E-state index in [2.05, 4.69) is 5.32 Å². The predicted molar refractivity (Wildman–Crippen MR) is 102 cm³/mol.